The summed E-state index contributed by atoms with van der Waals surface area (Å²) in [5.41, 5.74) is 10.4. The number of nitrogen functional groups attached to an aromatic ring is 1. The largest absolute Gasteiger partial charge is 0.395 e. The van der Waals surface area contributed by atoms with Crippen molar-refractivity contribution in [3.8, 4) is 22.4 Å². The van der Waals surface area contributed by atoms with E-state index in [-0.39, 0.29) is 29.2 Å². The van der Waals surface area contributed by atoms with E-state index < -0.39 is 18.6 Å². The molecule has 1 fully saturated rings. The van der Waals surface area contributed by atoms with Gasteiger partial charge in [0, 0.05) is 34.7 Å². The summed E-state index contributed by atoms with van der Waals surface area (Å²) in [5.74, 6) is -0.389. The minimum atomic E-state index is -1.16. The maximum atomic E-state index is 13.2. The number of hydrogen-bond donors (Lipinski definition) is 3. The van der Waals surface area contributed by atoms with Crippen molar-refractivity contribution in [2.75, 3.05) is 18.9 Å². The smallest absolute Gasteiger partial charge is 0.165 e. The van der Waals surface area contributed by atoms with Crippen LogP contribution in [0.3, 0.4) is 0 Å². The van der Waals surface area contributed by atoms with E-state index in [1.54, 1.807) is 19.3 Å². The molecule has 3 aromatic heterocycles. The first kappa shape index (κ1) is 28.6. The Hall–Kier alpha value is -3.95. The first-order chi connectivity index (χ1) is 19.8. The third kappa shape index (κ3) is 5.52. The number of pyridine rings is 1. The van der Waals surface area contributed by atoms with Crippen molar-refractivity contribution in [3.05, 3.63) is 66.1 Å². The van der Waals surface area contributed by atoms with Gasteiger partial charge in [0.25, 0.3) is 0 Å². The van der Waals surface area contributed by atoms with E-state index in [0.29, 0.717) is 36.2 Å². The monoisotopic (exact) mass is 555 g/mol. The van der Waals surface area contributed by atoms with Crippen LogP contribution in [-0.2, 0) is 4.79 Å². The molecule has 0 aliphatic heterocycles. The second-order valence-electron chi connectivity index (χ2n) is 11.4. The van der Waals surface area contributed by atoms with Gasteiger partial charge in [-0.15, -0.1) is 0 Å². The zero-order chi connectivity index (χ0) is 29.1. The number of carbonyl (C=O) groups excluding carboxylic acids is 2. The zero-order valence-corrected chi connectivity index (χ0v) is 23.6. The molecule has 4 N–H and O–H groups in total. The van der Waals surface area contributed by atoms with Crippen LogP contribution in [0.1, 0.15) is 74.3 Å². The number of nitrogens with zero attached hydrogens (tertiary/aromatic N) is 4. The van der Waals surface area contributed by atoms with Gasteiger partial charge in [-0.2, -0.15) is 9.61 Å². The number of hydrogen-bond acceptors (Lipinski definition) is 8. The summed E-state index contributed by atoms with van der Waals surface area (Å²) in [7, 11) is 0. The quantitative estimate of drug-likeness (QED) is 0.262. The van der Waals surface area contributed by atoms with Gasteiger partial charge >= 0.3 is 0 Å². The van der Waals surface area contributed by atoms with Crippen molar-refractivity contribution in [1.82, 2.24) is 19.6 Å². The molecule has 0 bridgehead atoms. The lowest BCUT2D eigenvalue weighted by molar-refractivity contribution is -0.137. The third-order valence-corrected chi connectivity index (χ3v) is 8.48. The molecule has 2 atom stereocenters. The predicted octanol–water partition coefficient (Wildman–Crippen LogP) is 4.86. The lowest BCUT2D eigenvalue weighted by Crippen LogP contribution is -2.40. The average Bonchev–Trinajstić information content (AvgIpc) is 3.41. The molecule has 1 saturated carbocycles. The van der Waals surface area contributed by atoms with E-state index in [9.17, 15) is 19.8 Å². The summed E-state index contributed by atoms with van der Waals surface area (Å²) in [6, 6.07) is 13.9. The van der Waals surface area contributed by atoms with Crippen LogP contribution < -0.4 is 5.73 Å². The Bertz CT molecular complexity index is 1540. The molecule has 0 radical (unpaired) electrons. The molecule has 1 aromatic carbocycles. The number of carbonyl (C=O) groups is 2. The van der Waals surface area contributed by atoms with Gasteiger partial charge in [0.15, 0.2) is 11.4 Å². The molecule has 41 heavy (non-hydrogen) atoms. The van der Waals surface area contributed by atoms with Crippen molar-refractivity contribution in [3.63, 3.8) is 0 Å². The van der Waals surface area contributed by atoms with E-state index in [1.165, 1.54) is 11.4 Å². The topological polar surface area (TPSA) is 144 Å². The summed E-state index contributed by atoms with van der Waals surface area (Å²) in [6.45, 7) is 2.31. The van der Waals surface area contributed by atoms with Crippen LogP contribution in [0.15, 0.2) is 54.9 Å². The van der Waals surface area contributed by atoms with E-state index in [4.69, 9.17) is 10.7 Å². The first-order valence-electron chi connectivity index (χ1n) is 14.2. The SMILES string of the molecule is CC(=O)c1c(C2CCCCC(C(=O)C(C)(CO)CO)CC2)nc2c(-c3ccc(-c4ccccc4)nc3)cnn2c1N. The van der Waals surface area contributed by atoms with Crippen molar-refractivity contribution < 1.29 is 19.8 Å². The summed E-state index contributed by atoms with van der Waals surface area (Å²) in [4.78, 5) is 35.8. The van der Waals surface area contributed by atoms with Crippen molar-refractivity contribution >= 4 is 23.0 Å². The number of rotatable bonds is 8. The number of nitrogens with two attached hydrogens (primary N) is 1. The number of aromatic nitrogens is 4. The Labute approximate surface area is 239 Å². The minimum absolute atomic E-state index is 0.0763. The molecule has 0 saturated heterocycles. The average molecular weight is 556 g/mol. The van der Waals surface area contributed by atoms with Gasteiger partial charge in [-0.25, -0.2) is 4.98 Å². The van der Waals surface area contributed by atoms with E-state index >= 15 is 0 Å². The second kappa shape index (κ2) is 11.9. The van der Waals surface area contributed by atoms with E-state index in [1.807, 2.05) is 42.5 Å². The Kier molecular flexibility index (Phi) is 8.28. The number of anilines is 1. The number of Topliss-reactive ketones (excluding diaryl/α,β-unsaturated/α-hetero) is 2. The van der Waals surface area contributed by atoms with E-state index in [2.05, 4.69) is 10.1 Å². The number of benzene rings is 1. The molecular weight excluding hydrogens is 518 g/mol. The predicted molar refractivity (Wildman–Crippen MR) is 157 cm³/mol. The van der Waals surface area contributed by atoms with E-state index in [0.717, 1.165) is 41.6 Å². The highest BCUT2D eigenvalue weighted by molar-refractivity contribution is 6.00. The molecule has 1 aliphatic rings. The summed E-state index contributed by atoms with van der Waals surface area (Å²) < 4.78 is 1.52. The Morgan fingerprint density at radius 2 is 1.71 bits per heavy atom. The van der Waals surface area contributed by atoms with Gasteiger partial charge < -0.3 is 15.9 Å². The fourth-order valence-corrected chi connectivity index (χ4v) is 5.93. The van der Waals surface area contributed by atoms with Gasteiger partial charge in [0.1, 0.15) is 11.6 Å². The van der Waals surface area contributed by atoms with Gasteiger partial charge in [-0.05, 0) is 45.6 Å². The highest BCUT2D eigenvalue weighted by Gasteiger charge is 2.38. The molecule has 0 spiro atoms. The Balaban J connectivity index is 1.51. The number of fused-ring (bicyclic) bond motifs is 1. The molecular formula is C32H37N5O4. The molecule has 5 rings (SSSR count). The number of aliphatic hydroxyl groups excluding tert-OH is 2. The highest BCUT2D eigenvalue weighted by Crippen LogP contribution is 2.39. The molecule has 9 heteroatoms. The molecule has 214 valence electrons. The summed E-state index contributed by atoms with van der Waals surface area (Å²) >= 11 is 0. The third-order valence-electron chi connectivity index (χ3n) is 8.48. The Morgan fingerprint density at radius 1 is 0.976 bits per heavy atom. The molecule has 0 amide bonds. The van der Waals surface area contributed by atoms with Gasteiger partial charge in [-0.3, -0.25) is 14.6 Å². The highest BCUT2D eigenvalue weighted by atomic mass is 16.3. The molecule has 1 aliphatic carbocycles. The van der Waals surface area contributed by atoms with Crippen LogP contribution in [-0.4, -0.2) is 54.6 Å². The van der Waals surface area contributed by atoms with Crippen LogP contribution in [0.5, 0.6) is 0 Å². The number of ketones is 2. The minimum Gasteiger partial charge on any atom is -0.395 e. The van der Waals surface area contributed by atoms with Gasteiger partial charge in [0.05, 0.1) is 41.8 Å². The van der Waals surface area contributed by atoms with Crippen LogP contribution in [0.4, 0.5) is 5.82 Å². The fraction of sp³-hybridized carbons (Fsp3) is 0.406. The lowest BCUT2D eigenvalue weighted by atomic mass is 9.74. The van der Waals surface area contributed by atoms with Crippen molar-refractivity contribution in [2.45, 2.75) is 58.3 Å². The van der Waals surface area contributed by atoms with Crippen LogP contribution in [0.2, 0.25) is 0 Å². The number of aliphatic hydroxyl groups is 2. The molecule has 4 aromatic rings. The maximum absolute atomic E-state index is 13.2. The second-order valence-corrected chi connectivity index (χ2v) is 11.4. The molecule has 9 nitrogen and oxygen atoms in total. The standard InChI is InChI=1S/C32H37N5O4/c1-20(40)27-28(22-10-6-7-11-23(13-12-22)29(41)32(2,18-38)19-39)36-31-25(17-35-37(31)30(27)33)24-14-15-26(34-16-24)21-8-4-3-5-9-21/h3-5,8-9,14-17,22-23,38-39H,6-7,10-13,18-19,33H2,1-2H3. The van der Waals surface area contributed by atoms with Gasteiger partial charge in [0.2, 0.25) is 0 Å². The first-order valence-corrected chi connectivity index (χ1v) is 14.2. The van der Waals surface area contributed by atoms with Crippen molar-refractivity contribution in [1.29, 1.82) is 0 Å². The van der Waals surface area contributed by atoms with Crippen molar-refractivity contribution in [2.24, 2.45) is 11.3 Å². The maximum Gasteiger partial charge on any atom is 0.165 e. The Morgan fingerprint density at radius 3 is 2.37 bits per heavy atom. The zero-order valence-electron chi connectivity index (χ0n) is 23.6. The summed E-state index contributed by atoms with van der Waals surface area (Å²) in [5, 5.41) is 24.1. The summed E-state index contributed by atoms with van der Waals surface area (Å²) in [6.07, 6.45) is 7.95. The van der Waals surface area contributed by atoms with Crippen LogP contribution in [0, 0.1) is 11.3 Å². The van der Waals surface area contributed by atoms with Crippen LogP contribution in [0.25, 0.3) is 28.0 Å². The van der Waals surface area contributed by atoms with Gasteiger partial charge in [-0.1, -0.05) is 49.2 Å². The lowest BCUT2D eigenvalue weighted by Gasteiger charge is -2.31. The fourth-order valence-electron chi connectivity index (χ4n) is 5.93. The van der Waals surface area contributed by atoms with Crippen LogP contribution >= 0.6 is 0 Å². The molecule has 2 unspecified atom stereocenters. The normalized spacial score (nSPS) is 18.1. The molecule has 3 heterocycles.